The van der Waals surface area contributed by atoms with E-state index in [1.165, 1.54) is 0 Å². The van der Waals surface area contributed by atoms with Crippen molar-refractivity contribution >= 4 is 30.6 Å². The van der Waals surface area contributed by atoms with Gasteiger partial charge in [0.1, 0.15) is 6.61 Å². The molecule has 5 rings (SSSR count). The number of hydrogen-bond acceptors (Lipinski definition) is 6. The van der Waals surface area contributed by atoms with Crippen molar-refractivity contribution in [3.63, 3.8) is 0 Å². The van der Waals surface area contributed by atoms with E-state index in [2.05, 4.69) is 25.7 Å². The molecule has 0 saturated carbocycles. The fourth-order valence-corrected chi connectivity index (χ4v) is 5.87. The largest absolute Gasteiger partial charge is 0.458 e. The summed E-state index contributed by atoms with van der Waals surface area (Å²) in [7, 11) is -1.25. The zero-order valence-corrected chi connectivity index (χ0v) is 20.5. The van der Waals surface area contributed by atoms with Crippen molar-refractivity contribution in [3.8, 4) is 11.4 Å². The van der Waals surface area contributed by atoms with E-state index < -0.39 is 19.6 Å². The highest BCUT2D eigenvalue weighted by Gasteiger charge is 2.45. The van der Waals surface area contributed by atoms with Crippen LogP contribution in [0.5, 0.6) is 0 Å². The van der Waals surface area contributed by atoms with Crippen LogP contribution in [0.4, 0.5) is 5.69 Å². The Bertz CT molecular complexity index is 1390. The van der Waals surface area contributed by atoms with Crippen molar-refractivity contribution < 1.29 is 14.6 Å². The third-order valence-electron chi connectivity index (χ3n) is 6.94. The number of fused-ring (bicyclic) bond motifs is 5. The number of aryl methyl sites for hydroxylation is 1. The second-order valence-electron chi connectivity index (χ2n) is 10.4. The van der Waals surface area contributed by atoms with Crippen LogP contribution in [0.1, 0.15) is 35.6 Å². The topological polar surface area (TPSA) is 107 Å². The number of ether oxygens (including phenoxy) is 1. The first kappa shape index (κ1) is 21.9. The first-order valence-corrected chi connectivity index (χ1v) is 15.1. The summed E-state index contributed by atoms with van der Waals surface area (Å²) < 4.78 is 6.80. The summed E-state index contributed by atoms with van der Waals surface area (Å²) in [4.78, 5) is 30.7. The van der Waals surface area contributed by atoms with E-state index in [4.69, 9.17) is 15.5 Å². The van der Waals surface area contributed by atoms with Gasteiger partial charge in [0.25, 0.3) is 5.56 Å². The van der Waals surface area contributed by atoms with Gasteiger partial charge < -0.3 is 20.1 Å². The molecule has 0 fully saturated rings. The third-order valence-corrected chi connectivity index (χ3v) is 8.69. The monoisotopic (exact) mass is 463 g/mol. The van der Waals surface area contributed by atoms with E-state index in [0.29, 0.717) is 34.7 Å². The molecule has 0 spiro atoms. The van der Waals surface area contributed by atoms with E-state index in [1.807, 2.05) is 12.1 Å². The summed E-state index contributed by atoms with van der Waals surface area (Å²) in [6.07, 6.45) is 1.05. The Balaban J connectivity index is 1.72. The maximum atomic E-state index is 13.3. The number of rotatable bonds is 4. The van der Waals surface area contributed by atoms with Gasteiger partial charge in [0, 0.05) is 30.3 Å². The maximum absolute atomic E-state index is 13.3. The van der Waals surface area contributed by atoms with Gasteiger partial charge in [0.05, 0.1) is 29.0 Å². The molecular weight excluding hydrogens is 434 g/mol. The van der Waals surface area contributed by atoms with Gasteiger partial charge in [-0.05, 0) is 36.6 Å². The number of carbonyl (C=O) groups is 1. The van der Waals surface area contributed by atoms with Crippen molar-refractivity contribution in [3.05, 3.63) is 56.9 Å². The number of benzene rings is 1. The molecule has 4 heterocycles. The predicted molar refractivity (Wildman–Crippen MR) is 131 cm³/mol. The molecule has 7 nitrogen and oxygen atoms in total. The van der Waals surface area contributed by atoms with E-state index >= 15 is 0 Å². The highest BCUT2D eigenvalue weighted by Crippen LogP contribution is 2.39. The van der Waals surface area contributed by atoms with Crippen LogP contribution in [0.2, 0.25) is 25.7 Å². The number of nitrogen functional groups attached to an aromatic ring is 1. The van der Waals surface area contributed by atoms with Gasteiger partial charge in [-0.25, -0.2) is 9.78 Å². The Labute approximate surface area is 193 Å². The minimum atomic E-state index is -1.82. The van der Waals surface area contributed by atoms with E-state index in [1.54, 1.807) is 17.6 Å². The van der Waals surface area contributed by atoms with Crippen molar-refractivity contribution in [1.29, 1.82) is 0 Å². The molecule has 0 radical (unpaired) electrons. The Morgan fingerprint density at radius 1 is 1.24 bits per heavy atom. The number of hydrogen-bond donors (Lipinski definition) is 2. The highest BCUT2D eigenvalue weighted by molar-refractivity contribution is 6.76. The second kappa shape index (κ2) is 7.26. The molecule has 2 aromatic heterocycles. The first-order chi connectivity index (χ1) is 15.5. The lowest BCUT2D eigenvalue weighted by Gasteiger charge is -2.31. The van der Waals surface area contributed by atoms with Gasteiger partial charge in [0.15, 0.2) is 5.60 Å². The minimum absolute atomic E-state index is 0.122. The molecule has 8 heteroatoms. The number of carbonyl (C=O) groups excluding carboxylic acids is 1. The van der Waals surface area contributed by atoms with Crippen LogP contribution in [0.3, 0.4) is 0 Å². The number of pyridine rings is 2. The Morgan fingerprint density at radius 3 is 2.70 bits per heavy atom. The zero-order valence-electron chi connectivity index (χ0n) is 19.5. The first-order valence-electron chi connectivity index (χ1n) is 11.4. The summed E-state index contributed by atoms with van der Waals surface area (Å²) in [5, 5.41) is 11.9. The molecule has 1 aromatic carbocycles. The van der Waals surface area contributed by atoms with E-state index in [9.17, 15) is 14.7 Å². The van der Waals surface area contributed by atoms with Crippen LogP contribution in [0, 0.1) is 0 Å². The van der Waals surface area contributed by atoms with Crippen molar-refractivity contribution in [1.82, 2.24) is 9.55 Å². The number of anilines is 1. The molecule has 33 heavy (non-hydrogen) atoms. The summed E-state index contributed by atoms with van der Waals surface area (Å²) in [6.45, 7) is 9.00. The summed E-state index contributed by atoms with van der Waals surface area (Å²) in [5.41, 5.74) is 9.81. The average Bonchev–Trinajstić information content (AvgIpc) is 3.13. The summed E-state index contributed by atoms with van der Waals surface area (Å²) in [6, 6.07) is 8.91. The molecule has 1 atom stereocenters. The fraction of sp³-hybridized carbons (Fsp3) is 0.400. The van der Waals surface area contributed by atoms with Crippen LogP contribution in [-0.2, 0) is 34.7 Å². The number of aliphatic hydroxyl groups is 1. The molecule has 172 valence electrons. The number of cyclic esters (lactones) is 1. The molecule has 3 aromatic rings. The molecule has 0 bridgehead atoms. The maximum Gasteiger partial charge on any atom is 0.343 e. The van der Waals surface area contributed by atoms with Gasteiger partial charge in [-0.1, -0.05) is 38.7 Å². The quantitative estimate of drug-likeness (QED) is 0.272. The SMILES string of the molecule is CC[C@@]1(O)C(=O)OCc2c1cc1n(c2=O)Cc2cc3c(N)ccc(CC[Si](C)(C)C)c3nc2-1. The molecule has 2 aliphatic rings. The predicted octanol–water partition coefficient (Wildman–Crippen LogP) is 3.54. The van der Waals surface area contributed by atoms with Gasteiger partial charge in [0.2, 0.25) is 0 Å². The van der Waals surface area contributed by atoms with Gasteiger partial charge in [-0.15, -0.1) is 0 Å². The lowest BCUT2D eigenvalue weighted by molar-refractivity contribution is -0.172. The van der Waals surface area contributed by atoms with Crippen molar-refractivity contribution in [2.45, 2.75) is 64.2 Å². The Kier molecular flexibility index (Phi) is 4.81. The van der Waals surface area contributed by atoms with Crippen LogP contribution < -0.4 is 11.3 Å². The molecule has 0 saturated heterocycles. The molecule has 2 aliphatic heterocycles. The van der Waals surface area contributed by atoms with Gasteiger partial charge in [-0.3, -0.25) is 4.79 Å². The smallest absolute Gasteiger partial charge is 0.343 e. The van der Waals surface area contributed by atoms with Crippen molar-refractivity contribution in [2.24, 2.45) is 0 Å². The minimum Gasteiger partial charge on any atom is -0.458 e. The fourth-order valence-electron chi connectivity index (χ4n) is 4.86. The normalized spacial score (nSPS) is 19.2. The number of aromatic nitrogens is 2. The average molecular weight is 464 g/mol. The Morgan fingerprint density at radius 2 is 2.00 bits per heavy atom. The highest BCUT2D eigenvalue weighted by atomic mass is 28.3. The lowest BCUT2D eigenvalue weighted by Crippen LogP contribution is -2.44. The van der Waals surface area contributed by atoms with Crippen LogP contribution in [0.15, 0.2) is 29.1 Å². The standard InChI is InChI=1S/C25H29N3O4Si/c1-5-25(31)18-11-20-22-15(12-28(20)23(29)17(18)13-32-24(25)30)10-16-19(26)7-6-14(21(16)27-22)8-9-33(2,3)4/h6-7,10-11,31H,5,8-9,12-13,26H2,1-4H3/t25-/m0/s1. The molecule has 0 amide bonds. The van der Waals surface area contributed by atoms with E-state index in [0.717, 1.165) is 34.5 Å². The summed E-state index contributed by atoms with van der Waals surface area (Å²) in [5.74, 6) is -0.715. The van der Waals surface area contributed by atoms with Gasteiger partial charge >= 0.3 is 5.97 Å². The lowest BCUT2D eigenvalue weighted by atomic mass is 9.86. The molecular formula is C25H29N3O4Si. The Hall–Kier alpha value is -2.97. The summed E-state index contributed by atoms with van der Waals surface area (Å²) >= 11 is 0. The van der Waals surface area contributed by atoms with Crippen LogP contribution in [0.25, 0.3) is 22.3 Å². The van der Waals surface area contributed by atoms with E-state index in [-0.39, 0.29) is 18.6 Å². The van der Waals surface area contributed by atoms with Crippen LogP contribution in [-0.4, -0.2) is 28.7 Å². The second-order valence-corrected chi connectivity index (χ2v) is 16.0. The molecule has 0 unspecified atom stereocenters. The number of nitrogens with zero attached hydrogens (tertiary/aromatic N) is 2. The number of nitrogens with two attached hydrogens (primary N) is 1. The van der Waals surface area contributed by atoms with Crippen LogP contribution >= 0.6 is 0 Å². The number of esters is 1. The molecule has 0 aliphatic carbocycles. The van der Waals surface area contributed by atoms with Gasteiger partial charge in [-0.2, -0.15) is 0 Å². The van der Waals surface area contributed by atoms with Crippen molar-refractivity contribution in [2.75, 3.05) is 5.73 Å². The third kappa shape index (κ3) is 3.31. The zero-order chi connectivity index (χ0) is 23.7. The molecule has 3 N–H and O–H groups in total.